The minimum atomic E-state index is -3.51. The van der Waals surface area contributed by atoms with Gasteiger partial charge in [-0.1, -0.05) is 19.3 Å². The average molecular weight is 527 g/mol. The number of hydrogen-bond donors (Lipinski definition) is 3. The first kappa shape index (κ1) is 25.4. The maximum Gasteiger partial charge on any atom is 0.243 e. The van der Waals surface area contributed by atoms with E-state index in [-0.39, 0.29) is 22.8 Å². The van der Waals surface area contributed by atoms with E-state index in [9.17, 15) is 13.2 Å². The number of fused-ring (bicyclic) bond motifs is 1. The van der Waals surface area contributed by atoms with Crippen molar-refractivity contribution in [2.45, 2.75) is 69.4 Å². The molecule has 12 heteroatoms. The van der Waals surface area contributed by atoms with Crippen LogP contribution in [-0.2, 0) is 21.4 Å². The minimum absolute atomic E-state index is 0.131. The smallest absolute Gasteiger partial charge is 0.243 e. The molecule has 1 aliphatic carbocycles. The van der Waals surface area contributed by atoms with Gasteiger partial charge < -0.3 is 20.9 Å². The van der Waals surface area contributed by atoms with Crippen LogP contribution in [0.3, 0.4) is 0 Å². The molecule has 5 rings (SSSR count). The van der Waals surface area contributed by atoms with Crippen molar-refractivity contribution in [2.24, 2.45) is 11.7 Å². The topological polar surface area (TPSA) is 148 Å². The summed E-state index contributed by atoms with van der Waals surface area (Å²) in [6, 6.07) is 6.58. The van der Waals surface area contributed by atoms with E-state index < -0.39 is 10.0 Å². The number of benzene rings is 1. The molecule has 0 spiro atoms. The Morgan fingerprint density at radius 3 is 2.49 bits per heavy atom. The molecule has 2 aromatic heterocycles. The molecule has 1 aromatic carbocycles. The number of nitrogens with two attached hydrogens (primary N) is 1. The van der Waals surface area contributed by atoms with Crippen LogP contribution in [0.2, 0.25) is 0 Å². The summed E-state index contributed by atoms with van der Waals surface area (Å²) >= 11 is 0. The molecule has 0 bridgehead atoms. The average Bonchev–Trinajstić information content (AvgIpc) is 3.33. The van der Waals surface area contributed by atoms with Crippen molar-refractivity contribution >= 4 is 44.5 Å². The van der Waals surface area contributed by atoms with Gasteiger partial charge >= 0.3 is 0 Å². The number of hydrogen-bond acceptors (Lipinski definition) is 8. The highest BCUT2D eigenvalue weighted by atomic mass is 32.2. The van der Waals surface area contributed by atoms with Crippen LogP contribution in [0.4, 0.5) is 17.5 Å². The van der Waals surface area contributed by atoms with Gasteiger partial charge in [0.2, 0.25) is 21.9 Å². The van der Waals surface area contributed by atoms with Crippen LogP contribution in [-0.4, -0.2) is 57.3 Å². The van der Waals surface area contributed by atoms with Gasteiger partial charge in [0.15, 0.2) is 17.0 Å². The van der Waals surface area contributed by atoms with Gasteiger partial charge in [0, 0.05) is 31.4 Å². The molecule has 4 N–H and O–H groups in total. The molecule has 2 atom stereocenters. The van der Waals surface area contributed by atoms with E-state index in [2.05, 4.69) is 20.6 Å². The Kier molecular flexibility index (Phi) is 7.29. The third-order valence-corrected chi connectivity index (χ3v) is 9.23. The normalized spacial score (nSPS) is 21.1. The number of nitrogens with zero attached hydrogens (tertiary/aromatic N) is 5. The maximum atomic E-state index is 13.0. The number of anilines is 3. The Morgan fingerprint density at radius 2 is 1.78 bits per heavy atom. The lowest BCUT2D eigenvalue weighted by Crippen LogP contribution is -2.40. The van der Waals surface area contributed by atoms with Crippen LogP contribution in [0.15, 0.2) is 35.5 Å². The monoisotopic (exact) mass is 526 g/mol. The second-order valence-electron chi connectivity index (χ2n) is 9.76. The van der Waals surface area contributed by atoms with E-state index in [4.69, 9.17) is 10.7 Å². The molecule has 0 radical (unpaired) electrons. The number of aromatic nitrogens is 4. The fourth-order valence-corrected chi connectivity index (χ4v) is 6.76. The zero-order chi connectivity index (χ0) is 26.0. The Labute approximate surface area is 216 Å². The SMILES string of the molecule is CCn1cnc2c(Nc3ccc(S(=O)(=O)N4CCCCC4)cc3)nc(N[C@@H]3CCCC[C@@H]3C(N)=O)nc21. The zero-order valence-electron chi connectivity index (χ0n) is 21.1. The highest BCUT2D eigenvalue weighted by Gasteiger charge is 2.30. The molecular formula is C25H34N8O3S. The molecule has 0 unspecified atom stereocenters. The number of primary amides is 1. The van der Waals surface area contributed by atoms with Crippen molar-refractivity contribution in [1.82, 2.24) is 23.8 Å². The van der Waals surface area contributed by atoms with Crippen LogP contribution in [0.5, 0.6) is 0 Å². The zero-order valence-corrected chi connectivity index (χ0v) is 21.9. The standard InChI is InChI=1S/C25H34N8O3S/c1-2-32-16-27-21-23(30-25(31-24(21)32)29-20-9-5-4-8-19(20)22(26)34)28-17-10-12-18(13-11-17)37(35,36)33-14-6-3-7-15-33/h10-13,16,19-20H,2-9,14-15H2,1H3,(H2,26,34)(H2,28,29,30,31)/t19-,20+/m0/s1. The lowest BCUT2D eigenvalue weighted by atomic mass is 9.84. The molecule has 2 fully saturated rings. The predicted octanol–water partition coefficient (Wildman–Crippen LogP) is 3.22. The fourth-order valence-electron chi connectivity index (χ4n) is 5.24. The molecule has 198 valence electrons. The largest absolute Gasteiger partial charge is 0.369 e. The van der Waals surface area contributed by atoms with Crippen molar-refractivity contribution < 1.29 is 13.2 Å². The number of carbonyl (C=O) groups excluding carboxylic acids is 1. The number of rotatable bonds is 8. The predicted molar refractivity (Wildman–Crippen MR) is 142 cm³/mol. The van der Waals surface area contributed by atoms with Gasteiger partial charge in [0.25, 0.3) is 0 Å². The van der Waals surface area contributed by atoms with E-state index >= 15 is 0 Å². The van der Waals surface area contributed by atoms with Crippen molar-refractivity contribution in [1.29, 1.82) is 0 Å². The number of imidazole rings is 1. The molecule has 3 aromatic rings. The summed E-state index contributed by atoms with van der Waals surface area (Å²) in [5.74, 6) is 0.315. The van der Waals surface area contributed by atoms with Crippen LogP contribution in [0, 0.1) is 5.92 Å². The lowest BCUT2D eigenvalue weighted by Gasteiger charge is -2.30. The van der Waals surface area contributed by atoms with Crippen molar-refractivity contribution in [3.8, 4) is 0 Å². The highest BCUT2D eigenvalue weighted by molar-refractivity contribution is 7.89. The number of amides is 1. The van der Waals surface area contributed by atoms with Crippen LogP contribution in [0.25, 0.3) is 11.2 Å². The summed E-state index contributed by atoms with van der Waals surface area (Å²) in [6.07, 6.45) is 8.12. The second kappa shape index (κ2) is 10.6. The van der Waals surface area contributed by atoms with Crippen LogP contribution < -0.4 is 16.4 Å². The highest BCUT2D eigenvalue weighted by Crippen LogP contribution is 2.30. The number of nitrogens with one attached hydrogen (secondary N) is 2. The summed E-state index contributed by atoms with van der Waals surface area (Å²) in [5, 5.41) is 6.64. The first-order valence-electron chi connectivity index (χ1n) is 13.0. The third kappa shape index (κ3) is 5.26. The van der Waals surface area contributed by atoms with Crippen molar-refractivity contribution in [3.63, 3.8) is 0 Å². The molecule has 3 heterocycles. The van der Waals surface area contributed by atoms with Crippen LogP contribution in [0.1, 0.15) is 51.9 Å². The molecule has 37 heavy (non-hydrogen) atoms. The third-order valence-electron chi connectivity index (χ3n) is 7.32. The van der Waals surface area contributed by atoms with Gasteiger partial charge in [-0.2, -0.15) is 14.3 Å². The summed E-state index contributed by atoms with van der Waals surface area (Å²) in [4.78, 5) is 26.2. The Hall–Kier alpha value is -3.25. The summed E-state index contributed by atoms with van der Waals surface area (Å²) < 4.78 is 29.5. The molecule has 11 nitrogen and oxygen atoms in total. The van der Waals surface area contributed by atoms with Crippen molar-refractivity contribution in [3.05, 3.63) is 30.6 Å². The number of carbonyl (C=O) groups is 1. The molecule has 1 saturated heterocycles. The van der Waals surface area contributed by atoms with E-state index in [1.54, 1.807) is 34.9 Å². The van der Waals surface area contributed by atoms with Crippen LogP contribution >= 0.6 is 0 Å². The summed E-state index contributed by atoms with van der Waals surface area (Å²) in [7, 11) is -3.51. The maximum absolute atomic E-state index is 13.0. The quantitative estimate of drug-likeness (QED) is 0.405. The van der Waals surface area contributed by atoms with Gasteiger partial charge in [-0.3, -0.25) is 4.79 Å². The van der Waals surface area contributed by atoms with Gasteiger partial charge in [-0.05, 0) is 56.9 Å². The first-order valence-corrected chi connectivity index (χ1v) is 14.5. The molecule has 1 amide bonds. The first-order chi connectivity index (χ1) is 17.9. The lowest BCUT2D eigenvalue weighted by molar-refractivity contribution is -0.122. The second-order valence-corrected chi connectivity index (χ2v) is 11.7. The molecular weight excluding hydrogens is 492 g/mol. The molecule has 1 aliphatic heterocycles. The van der Waals surface area contributed by atoms with Gasteiger partial charge in [-0.25, -0.2) is 13.4 Å². The fraction of sp³-hybridized carbons (Fsp3) is 0.520. The number of aryl methyl sites for hydroxylation is 1. The number of sulfonamides is 1. The van der Waals surface area contributed by atoms with Gasteiger partial charge in [0.05, 0.1) is 17.1 Å². The Bertz CT molecular complexity index is 1370. The van der Waals surface area contributed by atoms with E-state index in [0.717, 1.165) is 44.9 Å². The van der Waals surface area contributed by atoms with E-state index in [1.807, 2.05) is 11.5 Å². The Balaban J connectivity index is 1.42. The molecule has 1 saturated carbocycles. The minimum Gasteiger partial charge on any atom is -0.369 e. The summed E-state index contributed by atoms with van der Waals surface area (Å²) in [5.41, 5.74) is 7.61. The van der Waals surface area contributed by atoms with E-state index in [0.29, 0.717) is 48.3 Å². The molecule has 2 aliphatic rings. The van der Waals surface area contributed by atoms with Gasteiger partial charge in [-0.15, -0.1) is 0 Å². The van der Waals surface area contributed by atoms with E-state index in [1.165, 1.54) is 0 Å². The Morgan fingerprint density at radius 1 is 1.05 bits per heavy atom. The van der Waals surface area contributed by atoms with Gasteiger partial charge in [0.1, 0.15) is 0 Å². The summed E-state index contributed by atoms with van der Waals surface area (Å²) in [6.45, 7) is 3.82. The van der Waals surface area contributed by atoms with Crippen molar-refractivity contribution in [2.75, 3.05) is 23.7 Å². The number of piperidine rings is 1.